The predicted octanol–water partition coefficient (Wildman–Crippen LogP) is 2.78. The summed E-state index contributed by atoms with van der Waals surface area (Å²) in [5.41, 5.74) is 2.17. The maximum Gasteiger partial charge on any atom is 0.236 e. The zero-order chi connectivity index (χ0) is 10.6. The van der Waals surface area contributed by atoms with Crippen molar-refractivity contribution >= 4 is 34.2 Å². The molecule has 0 aliphatic rings. The monoisotopic (exact) mass is 303 g/mol. The van der Waals surface area contributed by atoms with Gasteiger partial charge in [-0.15, -0.1) is 0 Å². The van der Waals surface area contributed by atoms with Crippen molar-refractivity contribution < 1.29 is 4.79 Å². The number of anilines is 1. The minimum atomic E-state index is 0.169. The smallest absolute Gasteiger partial charge is 0.236 e. The Morgan fingerprint density at radius 1 is 1.43 bits per heavy atom. The second-order valence-electron chi connectivity index (χ2n) is 3.06. The van der Waals surface area contributed by atoms with Crippen molar-refractivity contribution in [1.29, 1.82) is 0 Å². The number of hydrogen-bond donors (Lipinski definition) is 0. The highest BCUT2D eigenvalue weighted by Gasteiger charge is 2.13. The Balaban J connectivity index is 3.01. The van der Waals surface area contributed by atoms with Gasteiger partial charge in [0.2, 0.25) is 5.91 Å². The van der Waals surface area contributed by atoms with Gasteiger partial charge in [-0.1, -0.05) is 40.8 Å². The van der Waals surface area contributed by atoms with Crippen LogP contribution in [0.15, 0.2) is 24.3 Å². The van der Waals surface area contributed by atoms with Crippen molar-refractivity contribution in [2.75, 3.05) is 15.9 Å². The summed E-state index contributed by atoms with van der Waals surface area (Å²) < 4.78 is 0.528. The molecule has 3 heteroatoms. The van der Waals surface area contributed by atoms with Gasteiger partial charge < -0.3 is 4.90 Å². The van der Waals surface area contributed by atoms with Gasteiger partial charge in [0.25, 0.3) is 0 Å². The Labute approximate surface area is 98.4 Å². The SMILES string of the molecule is CCN(C(=O)CI)c1ccccc1C. The molecule has 1 rings (SSSR count). The van der Waals surface area contributed by atoms with Gasteiger partial charge in [-0.05, 0) is 25.5 Å². The predicted molar refractivity (Wildman–Crippen MR) is 68.1 cm³/mol. The quantitative estimate of drug-likeness (QED) is 0.621. The molecular weight excluding hydrogens is 289 g/mol. The molecule has 0 atom stereocenters. The van der Waals surface area contributed by atoms with Crippen LogP contribution in [0.5, 0.6) is 0 Å². The fraction of sp³-hybridized carbons (Fsp3) is 0.364. The topological polar surface area (TPSA) is 20.3 Å². The third-order valence-electron chi connectivity index (χ3n) is 2.14. The van der Waals surface area contributed by atoms with Gasteiger partial charge in [0.1, 0.15) is 0 Å². The highest BCUT2D eigenvalue weighted by molar-refractivity contribution is 14.1. The molecule has 2 nitrogen and oxygen atoms in total. The standard InChI is InChI=1S/C11H14INO/c1-3-13(11(14)8-12)10-7-5-4-6-9(10)2/h4-7H,3,8H2,1-2H3. The average molecular weight is 303 g/mol. The Hall–Kier alpha value is -0.580. The molecule has 0 spiro atoms. The molecule has 0 aliphatic carbocycles. The van der Waals surface area contributed by atoms with E-state index in [9.17, 15) is 4.79 Å². The van der Waals surface area contributed by atoms with Crippen molar-refractivity contribution in [3.63, 3.8) is 0 Å². The first-order valence-corrected chi connectivity index (χ1v) is 6.15. The molecule has 1 amide bonds. The molecule has 0 fully saturated rings. The highest BCUT2D eigenvalue weighted by Crippen LogP contribution is 2.19. The Morgan fingerprint density at radius 2 is 2.07 bits per heavy atom. The van der Waals surface area contributed by atoms with E-state index in [4.69, 9.17) is 0 Å². The van der Waals surface area contributed by atoms with E-state index in [2.05, 4.69) is 22.6 Å². The normalized spacial score (nSPS) is 9.93. The van der Waals surface area contributed by atoms with Gasteiger partial charge in [-0.3, -0.25) is 4.79 Å². The number of alkyl halides is 1. The lowest BCUT2D eigenvalue weighted by molar-refractivity contribution is -0.115. The van der Waals surface area contributed by atoms with Gasteiger partial charge in [0.15, 0.2) is 0 Å². The van der Waals surface area contributed by atoms with Crippen LogP contribution in [0.1, 0.15) is 12.5 Å². The van der Waals surface area contributed by atoms with Crippen LogP contribution < -0.4 is 4.90 Å². The van der Waals surface area contributed by atoms with Gasteiger partial charge in [0.05, 0.1) is 4.43 Å². The van der Waals surface area contributed by atoms with E-state index in [-0.39, 0.29) is 5.91 Å². The maximum absolute atomic E-state index is 11.6. The fourth-order valence-electron chi connectivity index (χ4n) is 1.42. The van der Waals surface area contributed by atoms with Crippen molar-refractivity contribution in [2.24, 2.45) is 0 Å². The lowest BCUT2D eigenvalue weighted by Gasteiger charge is -2.21. The van der Waals surface area contributed by atoms with Crippen LogP contribution in [0.4, 0.5) is 5.69 Å². The molecule has 0 saturated carbocycles. The number of benzene rings is 1. The Bertz CT molecular complexity index is 325. The van der Waals surface area contributed by atoms with Crippen LogP contribution in [0.25, 0.3) is 0 Å². The van der Waals surface area contributed by atoms with Crippen molar-refractivity contribution in [1.82, 2.24) is 0 Å². The number of amides is 1. The molecule has 0 aliphatic heterocycles. The number of carbonyl (C=O) groups excluding carboxylic acids is 1. The van der Waals surface area contributed by atoms with Crippen molar-refractivity contribution in [2.45, 2.75) is 13.8 Å². The third-order valence-corrected chi connectivity index (χ3v) is 2.79. The summed E-state index contributed by atoms with van der Waals surface area (Å²) in [5, 5.41) is 0. The molecule has 14 heavy (non-hydrogen) atoms. The molecule has 0 N–H and O–H groups in total. The summed E-state index contributed by atoms with van der Waals surface area (Å²) in [4.78, 5) is 13.4. The molecular formula is C11H14INO. The molecule has 0 saturated heterocycles. The summed E-state index contributed by atoms with van der Waals surface area (Å²) in [6, 6.07) is 7.97. The number of aryl methyl sites for hydroxylation is 1. The molecule has 1 aromatic rings. The number of nitrogens with zero attached hydrogens (tertiary/aromatic N) is 1. The molecule has 0 bridgehead atoms. The summed E-state index contributed by atoms with van der Waals surface area (Å²) >= 11 is 2.10. The van der Waals surface area contributed by atoms with Crippen molar-refractivity contribution in [3.05, 3.63) is 29.8 Å². The maximum atomic E-state index is 11.6. The first kappa shape index (κ1) is 11.5. The zero-order valence-corrected chi connectivity index (χ0v) is 10.6. The van der Waals surface area contributed by atoms with Crippen LogP contribution in [0.2, 0.25) is 0 Å². The number of halogens is 1. The van der Waals surface area contributed by atoms with E-state index in [0.29, 0.717) is 4.43 Å². The largest absolute Gasteiger partial charge is 0.312 e. The van der Waals surface area contributed by atoms with Gasteiger partial charge >= 0.3 is 0 Å². The van der Waals surface area contributed by atoms with E-state index in [1.165, 1.54) is 0 Å². The number of rotatable bonds is 3. The fourth-order valence-corrected chi connectivity index (χ4v) is 1.83. The Kier molecular flexibility index (Phi) is 4.38. The van der Waals surface area contributed by atoms with Crippen LogP contribution in [0, 0.1) is 6.92 Å². The van der Waals surface area contributed by atoms with Gasteiger partial charge in [-0.2, -0.15) is 0 Å². The summed E-state index contributed by atoms with van der Waals surface area (Å²) in [5.74, 6) is 0.169. The second-order valence-corrected chi connectivity index (χ2v) is 3.82. The molecule has 0 aromatic heterocycles. The van der Waals surface area contributed by atoms with Crippen LogP contribution in [0.3, 0.4) is 0 Å². The second kappa shape index (κ2) is 5.34. The first-order valence-electron chi connectivity index (χ1n) is 4.62. The summed E-state index contributed by atoms with van der Waals surface area (Å²) in [6.45, 7) is 4.75. The molecule has 0 radical (unpaired) electrons. The first-order chi connectivity index (χ1) is 6.70. The number of para-hydroxylation sites is 1. The van der Waals surface area contributed by atoms with Gasteiger partial charge in [0, 0.05) is 12.2 Å². The van der Waals surface area contributed by atoms with E-state index < -0.39 is 0 Å². The van der Waals surface area contributed by atoms with Crippen LogP contribution in [-0.2, 0) is 4.79 Å². The third kappa shape index (κ3) is 2.47. The van der Waals surface area contributed by atoms with E-state index in [1.807, 2.05) is 43.0 Å². The summed E-state index contributed by atoms with van der Waals surface area (Å²) in [7, 11) is 0. The van der Waals surface area contributed by atoms with Crippen molar-refractivity contribution in [3.8, 4) is 0 Å². The van der Waals surface area contributed by atoms with Gasteiger partial charge in [-0.25, -0.2) is 0 Å². The minimum absolute atomic E-state index is 0.169. The van der Waals surface area contributed by atoms with E-state index >= 15 is 0 Å². The minimum Gasteiger partial charge on any atom is -0.312 e. The molecule has 1 aromatic carbocycles. The molecule has 0 unspecified atom stereocenters. The number of carbonyl (C=O) groups is 1. The summed E-state index contributed by atoms with van der Waals surface area (Å²) in [6.07, 6.45) is 0. The number of hydrogen-bond acceptors (Lipinski definition) is 1. The lowest BCUT2D eigenvalue weighted by atomic mass is 10.2. The van der Waals surface area contributed by atoms with Crippen LogP contribution >= 0.6 is 22.6 Å². The molecule has 76 valence electrons. The van der Waals surface area contributed by atoms with Crippen LogP contribution in [-0.4, -0.2) is 16.9 Å². The molecule has 0 heterocycles. The lowest BCUT2D eigenvalue weighted by Crippen LogP contribution is -2.31. The van der Waals surface area contributed by atoms with E-state index in [0.717, 1.165) is 17.8 Å². The average Bonchev–Trinajstić information content (AvgIpc) is 2.21. The zero-order valence-electron chi connectivity index (χ0n) is 8.46. The highest BCUT2D eigenvalue weighted by atomic mass is 127. The van der Waals surface area contributed by atoms with E-state index in [1.54, 1.807) is 0 Å². The Morgan fingerprint density at radius 3 is 2.57 bits per heavy atom.